The number of alkyl halides is 3. The molecule has 0 heterocycles. The van der Waals surface area contributed by atoms with Gasteiger partial charge in [-0.05, 0) is 43.9 Å². The maximum Gasteiger partial charge on any atom is 0.416 e. The van der Waals surface area contributed by atoms with Crippen LogP contribution in [0.4, 0.5) is 13.2 Å². The minimum atomic E-state index is -4.24. The summed E-state index contributed by atoms with van der Waals surface area (Å²) in [6, 6.07) is 5.36. The number of aryl methyl sites for hydroxylation is 1. The number of benzene rings is 1. The van der Waals surface area contributed by atoms with Crippen molar-refractivity contribution >= 4 is 0 Å². The summed E-state index contributed by atoms with van der Waals surface area (Å²) in [5.41, 5.74) is 1.46. The van der Waals surface area contributed by atoms with Crippen molar-refractivity contribution in [3.05, 3.63) is 47.5 Å². The van der Waals surface area contributed by atoms with Crippen LogP contribution in [0.3, 0.4) is 0 Å². The van der Waals surface area contributed by atoms with Gasteiger partial charge in [0.25, 0.3) is 0 Å². The molecule has 0 unspecified atom stereocenters. The largest absolute Gasteiger partial charge is 0.416 e. The molecule has 1 aromatic rings. The average molecular weight is 228 g/mol. The molecule has 3 heteroatoms. The summed E-state index contributed by atoms with van der Waals surface area (Å²) in [7, 11) is 0. The Bertz CT molecular complexity index is 346. The molecule has 1 aromatic carbocycles. The number of hydrogen-bond donors (Lipinski definition) is 0. The maximum absolute atomic E-state index is 12.3. The maximum atomic E-state index is 12.3. The predicted octanol–water partition coefficient (Wildman–Crippen LogP) is 4.60. The van der Waals surface area contributed by atoms with Crippen LogP contribution in [-0.4, -0.2) is 0 Å². The predicted molar refractivity (Wildman–Crippen MR) is 59.2 cm³/mol. The summed E-state index contributed by atoms with van der Waals surface area (Å²) >= 11 is 0. The number of hydrogen-bond acceptors (Lipinski definition) is 0. The monoisotopic (exact) mass is 228 g/mol. The highest BCUT2D eigenvalue weighted by molar-refractivity contribution is 5.24. The Labute approximate surface area is 93.8 Å². The fourth-order valence-electron chi connectivity index (χ4n) is 1.45. The van der Waals surface area contributed by atoms with Crippen molar-refractivity contribution in [2.45, 2.75) is 32.4 Å². The second kappa shape index (κ2) is 5.19. The lowest BCUT2D eigenvalue weighted by atomic mass is 10.0. The van der Waals surface area contributed by atoms with Crippen LogP contribution in [0.2, 0.25) is 0 Å². The molecular weight excluding hydrogens is 213 g/mol. The summed E-state index contributed by atoms with van der Waals surface area (Å²) in [4.78, 5) is 0. The Hall–Kier alpha value is -1.25. The zero-order chi connectivity index (χ0) is 12.2. The van der Waals surface area contributed by atoms with Crippen LogP contribution in [0.1, 0.15) is 30.9 Å². The lowest BCUT2D eigenvalue weighted by Crippen LogP contribution is -2.04. The second-order valence-corrected chi connectivity index (χ2v) is 4.01. The molecule has 0 aliphatic carbocycles. The van der Waals surface area contributed by atoms with Crippen molar-refractivity contribution in [2.24, 2.45) is 0 Å². The van der Waals surface area contributed by atoms with E-state index < -0.39 is 11.7 Å². The number of halogens is 3. The summed E-state index contributed by atoms with van der Waals surface area (Å²) in [5, 5.41) is 0. The van der Waals surface area contributed by atoms with Crippen LogP contribution in [0.5, 0.6) is 0 Å². The van der Waals surface area contributed by atoms with E-state index in [0.29, 0.717) is 0 Å². The van der Waals surface area contributed by atoms with Crippen molar-refractivity contribution in [3.8, 4) is 0 Å². The first-order valence-corrected chi connectivity index (χ1v) is 5.20. The molecule has 0 aliphatic rings. The third-order valence-corrected chi connectivity index (χ3v) is 2.35. The van der Waals surface area contributed by atoms with Crippen LogP contribution in [0, 0.1) is 0 Å². The lowest BCUT2D eigenvalue weighted by molar-refractivity contribution is -0.137. The SMILES string of the molecule is C=C(C)CCCc1ccc(C(F)(F)F)cc1. The Morgan fingerprint density at radius 3 is 2.19 bits per heavy atom. The van der Waals surface area contributed by atoms with E-state index >= 15 is 0 Å². The summed E-state index contributed by atoms with van der Waals surface area (Å²) < 4.78 is 36.8. The lowest BCUT2D eigenvalue weighted by Gasteiger charge is -2.07. The molecule has 16 heavy (non-hydrogen) atoms. The van der Waals surface area contributed by atoms with E-state index in [2.05, 4.69) is 6.58 Å². The van der Waals surface area contributed by atoms with Crippen LogP contribution in [0.25, 0.3) is 0 Å². The van der Waals surface area contributed by atoms with Gasteiger partial charge in [0, 0.05) is 0 Å². The topological polar surface area (TPSA) is 0 Å². The molecule has 0 bridgehead atoms. The van der Waals surface area contributed by atoms with E-state index in [1.165, 1.54) is 0 Å². The Kier molecular flexibility index (Phi) is 4.16. The number of allylic oxidation sites excluding steroid dienone is 1. The van der Waals surface area contributed by atoms with Crippen LogP contribution < -0.4 is 0 Å². The van der Waals surface area contributed by atoms with E-state index in [1.807, 2.05) is 6.92 Å². The van der Waals surface area contributed by atoms with Gasteiger partial charge in [0.15, 0.2) is 0 Å². The summed E-state index contributed by atoms with van der Waals surface area (Å²) in [5.74, 6) is 0. The fraction of sp³-hybridized carbons (Fsp3) is 0.385. The van der Waals surface area contributed by atoms with Gasteiger partial charge in [0.1, 0.15) is 0 Å². The van der Waals surface area contributed by atoms with E-state index in [9.17, 15) is 13.2 Å². The molecule has 1 rings (SSSR count). The zero-order valence-electron chi connectivity index (χ0n) is 9.27. The molecule has 0 aromatic heterocycles. The second-order valence-electron chi connectivity index (χ2n) is 4.01. The van der Waals surface area contributed by atoms with Gasteiger partial charge < -0.3 is 0 Å². The molecule has 0 N–H and O–H groups in total. The highest BCUT2D eigenvalue weighted by Crippen LogP contribution is 2.29. The Morgan fingerprint density at radius 2 is 1.75 bits per heavy atom. The summed E-state index contributed by atoms with van der Waals surface area (Å²) in [6.07, 6.45) is -1.59. The molecule has 88 valence electrons. The van der Waals surface area contributed by atoms with Crippen LogP contribution >= 0.6 is 0 Å². The molecule has 0 radical (unpaired) electrons. The first-order valence-electron chi connectivity index (χ1n) is 5.20. The van der Waals surface area contributed by atoms with Gasteiger partial charge in [-0.3, -0.25) is 0 Å². The normalized spacial score (nSPS) is 11.5. The van der Waals surface area contributed by atoms with E-state index in [4.69, 9.17) is 0 Å². The van der Waals surface area contributed by atoms with Gasteiger partial charge in [-0.2, -0.15) is 13.2 Å². The number of rotatable bonds is 4. The van der Waals surface area contributed by atoms with Crippen molar-refractivity contribution in [3.63, 3.8) is 0 Å². The quantitative estimate of drug-likeness (QED) is 0.660. The van der Waals surface area contributed by atoms with Gasteiger partial charge in [0.05, 0.1) is 5.56 Å². The highest BCUT2D eigenvalue weighted by atomic mass is 19.4. The molecule has 0 saturated carbocycles. The third-order valence-electron chi connectivity index (χ3n) is 2.35. The average Bonchev–Trinajstić information content (AvgIpc) is 2.16. The third kappa shape index (κ3) is 4.09. The van der Waals surface area contributed by atoms with Crippen molar-refractivity contribution in [1.82, 2.24) is 0 Å². The van der Waals surface area contributed by atoms with Gasteiger partial charge >= 0.3 is 6.18 Å². The van der Waals surface area contributed by atoms with Crippen molar-refractivity contribution in [2.75, 3.05) is 0 Å². The Balaban J connectivity index is 2.55. The smallest absolute Gasteiger partial charge is 0.166 e. The fourth-order valence-corrected chi connectivity index (χ4v) is 1.45. The minimum absolute atomic E-state index is 0.587. The van der Waals surface area contributed by atoms with Crippen molar-refractivity contribution in [1.29, 1.82) is 0 Å². The van der Waals surface area contributed by atoms with E-state index in [1.54, 1.807) is 12.1 Å². The molecule has 0 amide bonds. The van der Waals surface area contributed by atoms with E-state index in [0.717, 1.165) is 42.5 Å². The first kappa shape index (κ1) is 12.8. The van der Waals surface area contributed by atoms with Gasteiger partial charge in [0.2, 0.25) is 0 Å². The molecule has 0 saturated heterocycles. The minimum Gasteiger partial charge on any atom is -0.166 e. The van der Waals surface area contributed by atoms with Crippen molar-refractivity contribution < 1.29 is 13.2 Å². The molecule has 0 spiro atoms. The Morgan fingerprint density at radius 1 is 1.19 bits per heavy atom. The molecule has 0 fully saturated rings. The molecule has 0 atom stereocenters. The molecule has 0 aliphatic heterocycles. The van der Waals surface area contributed by atoms with Gasteiger partial charge in [-0.15, -0.1) is 6.58 Å². The molecular formula is C13H15F3. The highest BCUT2D eigenvalue weighted by Gasteiger charge is 2.29. The standard InChI is InChI=1S/C13H15F3/c1-10(2)4-3-5-11-6-8-12(9-7-11)13(14,15)16/h6-9H,1,3-5H2,2H3. The zero-order valence-corrected chi connectivity index (χ0v) is 9.27. The van der Waals surface area contributed by atoms with Crippen LogP contribution in [-0.2, 0) is 12.6 Å². The molecule has 0 nitrogen and oxygen atoms in total. The van der Waals surface area contributed by atoms with Gasteiger partial charge in [-0.25, -0.2) is 0 Å². The van der Waals surface area contributed by atoms with Crippen LogP contribution in [0.15, 0.2) is 36.4 Å². The van der Waals surface area contributed by atoms with Gasteiger partial charge in [-0.1, -0.05) is 17.7 Å². The first-order chi connectivity index (χ1) is 7.39. The van der Waals surface area contributed by atoms with E-state index in [-0.39, 0.29) is 0 Å². The summed E-state index contributed by atoms with van der Waals surface area (Å²) in [6.45, 7) is 5.74.